The lowest BCUT2D eigenvalue weighted by Gasteiger charge is -2.10. The zero-order valence-electron chi connectivity index (χ0n) is 9.75. The van der Waals surface area contributed by atoms with Crippen LogP contribution in [-0.2, 0) is 11.3 Å². The smallest absolute Gasteiger partial charge is 0.335 e. The Balaban J connectivity index is 2.38. The molecule has 0 fully saturated rings. The van der Waals surface area contributed by atoms with Gasteiger partial charge < -0.3 is 14.4 Å². The van der Waals surface area contributed by atoms with E-state index in [1.165, 1.54) is 0 Å². The lowest BCUT2D eigenvalue weighted by atomic mass is 10.2. The van der Waals surface area contributed by atoms with Gasteiger partial charge in [0.05, 0.1) is 35.6 Å². The summed E-state index contributed by atoms with van der Waals surface area (Å²) in [5.41, 5.74) is 1.86. The molecule has 1 aromatic heterocycles. The molecule has 0 amide bonds. The lowest BCUT2D eigenvalue weighted by Crippen LogP contribution is -2.13. The first-order valence-electron chi connectivity index (χ1n) is 5.33. The predicted molar refractivity (Wildman–Crippen MR) is 63.2 cm³/mol. The molecule has 17 heavy (non-hydrogen) atoms. The van der Waals surface area contributed by atoms with E-state index in [0.717, 1.165) is 5.52 Å². The molecule has 2 rings (SSSR count). The predicted octanol–water partition coefficient (Wildman–Crippen LogP) is 1.77. The van der Waals surface area contributed by atoms with E-state index in [1.54, 1.807) is 31.6 Å². The summed E-state index contributed by atoms with van der Waals surface area (Å²) in [6.45, 7) is 2.66. The van der Waals surface area contributed by atoms with E-state index < -0.39 is 5.97 Å². The summed E-state index contributed by atoms with van der Waals surface area (Å²) >= 11 is 0. The highest BCUT2D eigenvalue weighted by molar-refractivity contribution is 5.92. The number of hydrogen-bond donors (Lipinski definition) is 1. The van der Waals surface area contributed by atoms with Crippen molar-refractivity contribution in [1.82, 2.24) is 9.55 Å². The molecule has 0 aliphatic rings. The van der Waals surface area contributed by atoms with Gasteiger partial charge in [-0.1, -0.05) is 0 Å². The van der Waals surface area contributed by atoms with Crippen molar-refractivity contribution in [3.63, 3.8) is 0 Å². The number of carboxylic acid groups (broad SMARTS) is 1. The molecule has 0 saturated carbocycles. The minimum atomic E-state index is -0.938. The second kappa shape index (κ2) is 4.55. The van der Waals surface area contributed by atoms with Crippen LogP contribution in [0.1, 0.15) is 17.3 Å². The zero-order valence-corrected chi connectivity index (χ0v) is 9.75. The number of carbonyl (C=O) groups is 1. The van der Waals surface area contributed by atoms with Crippen molar-refractivity contribution in [3.05, 3.63) is 30.1 Å². The Morgan fingerprint density at radius 2 is 2.35 bits per heavy atom. The molecule has 90 valence electrons. The fourth-order valence-electron chi connectivity index (χ4n) is 1.69. The number of ether oxygens (including phenoxy) is 1. The number of nitrogens with zero attached hydrogens (tertiary/aromatic N) is 2. The summed E-state index contributed by atoms with van der Waals surface area (Å²) in [6.07, 6.45) is 1.79. The molecular formula is C12H14N2O3. The second-order valence-corrected chi connectivity index (χ2v) is 3.95. The highest BCUT2D eigenvalue weighted by atomic mass is 16.5. The van der Waals surface area contributed by atoms with Gasteiger partial charge in [0.15, 0.2) is 0 Å². The minimum Gasteiger partial charge on any atom is -0.478 e. The molecule has 0 bridgehead atoms. The van der Waals surface area contributed by atoms with Crippen molar-refractivity contribution < 1.29 is 14.6 Å². The lowest BCUT2D eigenvalue weighted by molar-refractivity contribution is 0.0697. The van der Waals surface area contributed by atoms with Crippen LogP contribution in [0, 0.1) is 0 Å². The van der Waals surface area contributed by atoms with Crippen LogP contribution in [0.25, 0.3) is 11.0 Å². The third-order valence-electron chi connectivity index (χ3n) is 2.72. The van der Waals surface area contributed by atoms with E-state index in [1.807, 2.05) is 11.5 Å². The number of fused-ring (bicyclic) bond motifs is 1. The normalized spacial score (nSPS) is 12.8. The Morgan fingerprint density at radius 1 is 1.59 bits per heavy atom. The Labute approximate surface area is 98.6 Å². The molecule has 2 aromatic rings. The van der Waals surface area contributed by atoms with Gasteiger partial charge in [0, 0.05) is 7.11 Å². The van der Waals surface area contributed by atoms with Gasteiger partial charge in [-0.25, -0.2) is 9.78 Å². The van der Waals surface area contributed by atoms with E-state index in [2.05, 4.69) is 4.98 Å². The van der Waals surface area contributed by atoms with Gasteiger partial charge in [-0.15, -0.1) is 0 Å². The van der Waals surface area contributed by atoms with Crippen molar-refractivity contribution in [2.75, 3.05) is 7.11 Å². The third-order valence-corrected chi connectivity index (χ3v) is 2.72. The van der Waals surface area contributed by atoms with Crippen LogP contribution in [0.3, 0.4) is 0 Å². The maximum atomic E-state index is 10.8. The molecule has 1 aromatic carbocycles. The van der Waals surface area contributed by atoms with E-state index in [0.29, 0.717) is 12.1 Å². The molecular weight excluding hydrogens is 220 g/mol. The summed E-state index contributed by atoms with van der Waals surface area (Å²) in [6, 6.07) is 4.93. The molecule has 5 heteroatoms. The molecule has 0 aliphatic heterocycles. The van der Waals surface area contributed by atoms with Crippen LogP contribution in [-0.4, -0.2) is 33.8 Å². The van der Waals surface area contributed by atoms with E-state index >= 15 is 0 Å². The van der Waals surface area contributed by atoms with Crippen LogP contribution < -0.4 is 0 Å². The molecule has 0 aliphatic carbocycles. The minimum absolute atomic E-state index is 0.0894. The Morgan fingerprint density at radius 3 is 3.00 bits per heavy atom. The number of carboxylic acids is 1. The summed E-state index contributed by atoms with van der Waals surface area (Å²) in [5, 5.41) is 8.88. The molecule has 1 heterocycles. The average Bonchev–Trinajstić information content (AvgIpc) is 2.71. The second-order valence-electron chi connectivity index (χ2n) is 3.95. The molecule has 0 spiro atoms. The van der Waals surface area contributed by atoms with Gasteiger partial charge in [-0.2, -0.15) is 0 Å². The Hall–Kier alpha value is -1.88. The molecule has 1 atom stereocenters. The topological polar surface area (TPSA) is 64.4 Å². The number of imidazole rings is 1. The van der Waals surface area contributed by atoms with Crippen LogP contribution in [0.5, 0.6) is 0 Å². The number of methoxy groups -OCH3 is 1. The molecule has 1 N–H and O–H groups in total. The maximum absolute atomic E-state index is 10.8. The first-order valence-corrected chi connectivity index (χ1v) is 5.33. The first kappa shape index (κ1) is 11.6. The van der Waals surface area contributed by atoms with Crippen molar-refractivity contribution in [1.29, 1.82) is 0 Å². The fourth-order valence-corrected chi connectivity index (χ4v) is 1.69. The van der Waals surface area contributed by atoms with Gasteiger partial charge in [0.1, 0.15) is 0 Å². The van der Waals surface area contributed by atoms with E-state index in [-0.39, 0.29) is 11.7 Å². The SMILES string of the molecule is COC(C)Cn1cnc2cc(C(=O)O)ccc21. The molecule has 1 unspecified atom stereocenters. The standard InChI is InChI=1S/C12H14N2O3/c1-8(17-2)6-14-7-13-10-5-9(12(15)16)3-4-11(10)14/h3-5,7-8H,6H2,1-2H3,(H,15,16). The quantitative estimate of drug-likeness (QED) is 0.875. The fraction of sp³-hybridized carbons (Fsp3) is 0.333. The van der Waals surface area contributed by atoms with Crippen molar-refractivity contribution >= 4 is 17.0 Å². The third kappa shape index (κ3) is 2.29. The molecule has 0 saturated heterocycles. The highest BCUT2D eigenvalue weighted by Gasteiger charge is 2.09. The molecule has 5 nitrogen and oxygen atoms in total. The van der Waals surface area contributed by atoms with Crippen molar-refractivity contribution in [3.8, 4) is 0 Å². The highest BCUT2D eigenvalue weighted by Crippen LogP contribution is 2.15. The van der Waals surface area contributed by atoms with Gasteiger partial charge in [0.2, 0.25) is 0 Å². The average molecular weight is 234 g/mol. The number of benzene rings is 1. The summed E-state index contributed by atoms with van der Waals surface area (Å²) in [4.78, 5) is 15.0. The monoisotopic (exact) mass is 234 g/mol. The van der Waals surface area contributed by atoms with Crippen molar-refractivity contribution in [2.45, 2.75) is 19.6 Å². The number of aromatic carboxylic acids is 1. The van der Waals surface area contributed by atoms with Crippen molar-refractivity contribution in [2.24, 2.45) is 0 Å². The Bertz CT molecular complexity index is 548. The van der Waals surface area contributed by atoms with Gasteiger partial charge >= 0.3 is 5.97 Å². The van der Waals surface area contributed by atoms with Gasteiger partial charge in [-0.3, -0.25) is 0 Å². The summed E-state index contributed by atoms with van der Waals surface area (Å²) in [5.74, 6) is -0.938. The summed E-state index contributed by atoms with van der Waals surface area (Å²) < 4.78 is 7.15. The first-order chi connectivity index (χ1) is 8.11. The Kier molecular flexibility index (Phi) is 3.10. The summed E-state index contributed by atoms with van der Waals surface area (Å²) in [7, 11) is 1.66. The van der Waals surface area contributed by atoms with Crippen LogP contribution in [0.4, 0.5) is 0 Å². The number of rotatable bonds is 4. The van der Waals surface area contributed by atoms with Crippen LogP contribution in [0.2, 0.25) is 0 Å². The van der Waals surface area contributed by atoms with Crippen LogP contribution >= 0.6 is 0 Å². The number of hydrogen-bond acceptors (Lipinski definition) is 3. The zero-order chi connectivity index (χ0) is 12.4. The molecule has 0 radical (unpaired) electrons. The van der Waals surface area contributed by atoms with Gasteiger partial charge in [-0.05, 0) is 25.1 Å². The maximum Gasteiger partial charge on any atom is 0.335 e. The van der Waals surface area contributed by atoms with Gasteiger partial charge in [0.25, 0.3) is 0 Å². The van der Waals surface area contributed by atoms with E-state index in [4.69, 9.17) is 9.84 Å². The largest absolute Gasteiger partial charge is 0.478 e. The van der Waals surface area contributed by atoms with Crippen LogP contribution in [0.15, 0.2) is 24.5 Å². The number of aromatic nitrogens is 2. The van der Waals surface area contributed by atoms with E-state index in [9.17, 15) is 4.79 Å².